The highest BCUT2D eigenvalue weighted by molar-refractivity contribution is 5.96. The maximum Gasteiger partial charge on any atom is 0.338 e. The standard InChI is InChI=1S/C17H20O6/c18-14-8-12(16(19)21-5-3-11-1-2-11)7-13(9-14)17(20)22-6-4-15-10-23-15/h7-9,11,15,18H,1-6,10H2. The van der Waals surface area contributed by atoms with E-state index in [0.717, 1.165) is 6.42 Å². The zero-order valence-corrected chi connectivity index (χ0v) is 12.8. The third kappa shape index (κ3) is 4.96. The first-order chi connectivity index (χ1) is 11.1. The van der Waals surface area contributed by atoms with E-state index < -0.39 is 11.9 Å². The summed E-state index contributed by atoms with van der Waals surface area (Å²) in [6.07, 6.45) is 4.10. The largest absolute Gasteiger partial charge is 0.508 e. The van der Waals surface area contributed by atoms with Gasteiger partial charge in [0.1, 0.15) is 5.75 Å². The highest BCUT2D eigenvalue weighted by Crippen LogP contribution is 2.32. The molecule has 1 aliphatic carbocycles. The van der Waals surface area contributed by atoms with Crippen molar-refractivity contribution in [1.29, 1.82) is 0 Å². The zero-order valence-electron chi connectivity index (χ0n) is 12.8. The van der Waals surface area contributed by atoms with E-state index >= 15 is 0 Å². The maximum absolute atomic E-state index is 12.0. The molecule has 1 heterocycles. The first-order valence-corrected chi connectivity index (χ1v) is 7.92. The molecule has 0 spiro atoms. The van der Waals surface area contributed by atoms with E-state index in [-0.39, 0.29) is 29.6 Å². The Bertz CT molecular complexity index is 540. The molecule has 0 amide bonds. The minimum atomic E-state index is -0.575. The van der Waals surface area contributed by atoms with Gasteiger partial charge in [0, 0.05) is 6.42 Å². The lowest BCUT2D eigenvalue weighted by Crippen LogP contribution is -2.11. The van der Waals surface area contributed by atoms with Gasteiger partial charge in [-0.3, -0.25) is 0 Å². The number of benzene rings is 1. The second-order valence-corrected chi connectivity index (χ2v) is 6.02. The summed E-state index contributed by atoms with van der Waals surface area (Å²) in [5.41, 5.74) is 0.286. The maximum atomic E-state index is 12.0. The molecule has 0 radical (unpaired) electrons. The number of ether oxygens (including phenoxy) is 3. The molecule has 1 aromatic rings. The van der Waals surface area contributed by atoms with Crippen LogP contribution in [0, 0.1) is 5.92 Å². The van der Waals surface area contributed by atoms with Crippen molar-refractivity contribution in [3.63, 3.8) is 0 Å². The summed E-state index contributed by atoms with van der Waals surface area (Å²) < 4.78 is 15.3. The number of hydrogen-bond acceptors (Lipinski definition) is 6. The van der Waals surface area contributed by atoms with E-state index in [9.17, 15) is 14.7 Å². The van der Waals surface area contributed by atoms with Crippen molar-refractivity contribution in [2.24, 2.45) is 5.92 Å². The van der Waals surface area contributed by atoms with Gasteiger partial charge in [-0.2, -0.15) is 0 Å². The molecular weight excluding hydrogens is 300 g/mol. The van der Waals surface area contributed by atoms with Gasteiger partial charge >= 0.3 is 11.9 Å². The number of phenols is 1. The Kier molecular flexibility index (Phi) is 4.81. The Morgan fingerprint density at radius 1 is 1.04 bits per heavy atom. The summed E-state index contributed by atoms with van der Waals surface area (Å²) in [5.74, 6) is -0.609. The number of carbonyl (C=O) groups excluding carboxylic acids is 2. The van der Waals surface area contributed by atoms with Crippen molar-refractivity contribution in [1.82, 2.24) is 0 Å². The van der Waals surface area contributed by atoms with Crippen LogP contribution in [0.3, 0.4) is 0 Å². The fourth-order valence-corrected chi connectivity index (χ4v) is 2.26. The van der Waals surface area contributed by atoms with Crippen LogP contribution in [0.5, 0.6) is 5.75 Å². The average molecular weight is 320 g/mol. The van der Waals surface area contributed by atoms with Crippen molar-refractivity contribution in [2.75, 3.05) is 19.8 Å². The Hall–Kier alpha value is -2.08. The fraction of sp³-hybridized carbons (Fsp3) is 0.529. The molecule has 3 rings (SSSR count). The Labute approximate surface area is 134 Å². The molecule has 6 nitrogen and oxygen atoms in total. The minimum absolute atomic E-state index is 0.135. The SMILES string of the molecule is O=C(OCCC1CC1)c1cc(O)cc(C(=O)OCCC2CO2)c1. The highest BCUT2D eigenvalue weighted by atomic mass is 16.6. The van der Waals surface area contributed by atoms with Crippen LogP contribution in [0.4, 0.5) is 0 Å². The van der Waals surface area contributed by atoms with Crippen LogP contribution in [0.1, 0.15) is 46.4 Å². The van der Waals surface area contributed by atoms with Crippen molar-refractivity contribution in [2.45, 2.75) is 31.8 Å². The lowest BCUT2D eigenvalue weighted by Gasteiger charge is -2.08. The fourth-order valence-electron chi connectivity index (χ4n) is 2.26. The van der Waals surface area contributed by atoms with Crippen LogP contribution < -0.4 is 0 Å². The van der Waals surface area contributed by atoms with Gasteiger partial charge in [0.15, 0.2) is 0 Å². The van der Waals surface area contributed by atoms with E-state index in [2.05, 4.69) is 0 Å². The summed E-state index contributed by atoms with van der Waals surface area (Å²) in [6.45, 7) is 1.32. The van der Waals surface area contributed by atoms with Gasteiger partial charge in [0.05, 0.1) is 37.1 Å². The number of aromatic hydroxyl groups is 1. The van der Waals surface area contributed by atoms with E-state index in [1.54, 1.807) is 0 Å². The van der Waals surface area contributed by atoms with Crippen LogP contribution in [-0.4, -0.2) is 43.0 Å². The lowest BCUT2D eigenvalue weighted by molar-refractivity contribution is 0.0491. The smallest absolute Gasteiger partial charge is 0.338 e. The number of hydrogen-bond donors (Lipinski definition) is 1. The van der Waals surface area contributed by atoms with E-state index in [0.29, 0.717) is 25.6 Å². The molecule has 0 aromatic heterocycles. The van der Waals surface area contributed by atoms with Gasteiger partial charge in [0.25, 0.3) is 0 Å². The third-order valence-electron chi connectivity index (χ3n) is 3.92. The number of epoxide rings is 1. The van der Waals surface area contributed by atoms with Gasteiger partial charge in [-0.05, 0) is 30.5 Å². The van der Waals surface area contributed by atoms with E-state index in [1.165, 1.54) is 31.0 Å². The summed E-state index contributed by atoms with van der Waals surface area (Å²) in [7, 11) is 0. The molecule has 1 saturated heterocycles. The molecule has 6 heteroatoms. The molecule has 124 valence electrons. The monoisotopic (exact) mass is 320 g/mol. The van der Waals surface area contributed by atoms with Crippen LogP contribution in [0.25, 0.3) is 0 Å². The van der Waals surface area contributed by atoms with Gasteiger partial charge in [-0.25, -0.2) is 9.59 Å². The molecule has 1 aromatic carbocycles. The van der Waals surface area contributed by atoms with Crippen molar-refractivity contribution >= 4 is 11.9 Å². The Morgan fingerprint density at radius 3 is 2.13 bits per heavy atom. The lowest BCUT2D eigenvalue weighted by atomic mass is 10.1. The normalized spacial score (nSPS) is 19.2. The zero-order chi connectivity index (χ0) is 16.2. The highest BCUT2D eigenvalue weighted by Gasteiger charge is 2.23. The predicted molar refractivity (Wildman–Crippen MR) is 80.4 cm³/mol. The molecule has 1 N–H and O–H groups in total. The Morgan fingerprint density at radius 2 is 1.61 bits per heavy atom. The molecular formula is C17H20O6. The second kappa shape index (κ2) is 7.00. The van der Waals surface area contributed by atoms with Gasteiger partial charge < -0.3 is 19.3 Å². The predicted octanol–water partition coefficient (Wildman–Crippen LogP) is 2.29. The number of rotatable bonds is 8. The summed E-state index contributed by atoms with van der Waals surface area (Å²) in [6, 6.07) is 3.94. The second-order valence-electron chi connectivity index (χ2n) is 6.02. The number of esters is 2. The number of phenolic OH excluding ortho intramolecular Hbond substituents is 1. The van der Waals surface area contributed by atoms with Crippen molar-refractivity contribution < 1.29 is 28.9 Å². The van der Waals surface area contributed by atoms with E-state index in [4.69, 9.17) is 14.2 Å². The molecule has 2 fully saturated rings. The topological polar surface area (TPSA) is 85.4 Å². The summed E-state index contributed by atoms with van der Waals surface area (Å²) in [5, 5.41) is 9.70. The quantitative estimate of drug-likeness (QED) is 0.584. The summed E-state index contributed by atoms with van der Waals surface area (Å²) in [4.78, 5) is 23.9. The van der Waals surface area contributed by atoms with Crippen LogP contribution >= 0.6 is 0 Å². The first-order valence-electron chi connectivity index (χ1n) is 7.92. The minimum Gasteiger partial charge on any atom is -0.508 e. The molecule has 1 saturated carbocycles. The van der Waals surface area contributed by atoms with Crippen LogP contribution in [-0.2, 0) is 14.2 Å². The van der Waals surface area contributed by atoms with Gasteiger partial charge in [-0.15, -0.1) is 0 Å². The van der Waals surface area contributed by atoms with Gasteiger partial charge in [-0.1, -0.05) is 12.8 Å². The first kappa shape index (κ1) is 15.8. The molecule has 23 heavy (non-hydrogen) atoms. The van der Waals surface area contributed by atoms with Crippen LogP contribution in [0.15, 0.2) is 18.2 Å². The molecule has 2 aliphatic rings. The average Bonchev–Trinajstić information content (AvgIpc) is 3.41. The van der Waals surface area contributed by atoms with Crippen molar-refractivity contribution in [3.8, 4) is 5.75 Å². The number of carbonyl (C=O) groups is 2. The molecule has 1 unspecified atom stereocenters. The molecule has 1 aliphatic heterocycles. The van der Waals surface area contributed by atoms with Crippen LogP contribution in [0.2, 0.25) is 0 Å². The third-order valence-corrected chi connectivity index (χ3v) is 3.92. The molecule has 1 atom stereocenters. The summed E-state index contributed by atoms with van der Waals surface area (Å²) >= 11 is 0. The Balaban J connectivity index is 1.55. The molecule has 0 bridgehead atoms. The van der Waals surface area contributed by atoms with E-state index in [1.807, 2.05) is 0 Å². The van der Waals surface area contributed by atoms with Gasteiger partial charge in [0.2, 0.25) is 0 Å². The van der Waals surface area contributed by atoms with Crippen molar-refractivity contribution in [3.05, 3.63) is 29.3 Å².